The molecule has 1 atom stereocenters. The fraction of sp³-hybridized carbons (Fsp3) is 0.933. The molecule has 1 aliphatic heterocycles. The van der Waals surface area contributed by atoms with Crippen molar-refractivity contribution in [2.45, 2.75) is 50.5 Å². The number of nitrogens with one attached hydrogen (secondary N) is 1. The zero-order valence-electron chi connectivity index (χ0n) is 12.4. The maximum Gasteiger partial charge on any atom is 0.220 e. The molecule has 1 N–H and O–H groups in total. The first-order chi connectivity index (χ1) is 9.12. The third-order valence-corrected chi connectivity index (χ3v) is 4.83. The summed E-state index contributed by atoms with van der Waals surface area (Å²) in [4.78, 5) is 14.3. The third kappa shape index (κ3) is 3.93. The SMILES string of the molecule is CN(C)C1(CNC(=O)C[C@@H]2CCCOC2)CCCC1. The second-order valence-corrected chi connectivity index (χ2v) is 6.39. The summed E-state index contributed by atoms with van der Waals surface area (Å²) in [5.74, 6) is 0.622. The molecule has 2 aliphatic rings. The molecule has 1 amide bonds. The van der Waals surface area contributed by atoms with E-state index >= 15 is 0 Å². The highest BCUT2D eigenvalue weighted by Crippen LogP contribution is 2.33. The zero-order chi connectivity index (χ0) is 13.7. The average Bonchev–Trinajstić information content (AvgIpc) is 2.88. The van der Waals surface area contributed by atoms with E-state index in [0.717, 1.165) is 32.6 Å². The second kappa shape index (κ2) is 6.71. The van der Waals surface area contributed by atoms with Crippen LogP contribution in [0.4, 0.5) is 0 Å². The monoisotopic (exact) mass is 268 g/mol. The molecule has 0 aromatic rings. The van der Waals surface area contributed by atoms with Crippen LogP contribution in [0.2, 0.25) is 0 Å². The first-order valence-electron chi connectivity index (χ1n) is 7.64. The summed E-state index contributed by atoms with van der Waals surface area (Å²) in [5.41, 5.74) is 0.193. The van der Waals surface area contributed by atoms with Gasteiger partial charge in [-0.15, -0.1) is 0 Å². The predicted octanol–water partition coefficient (Wildman–Crippen LogP) is 1.79. The van der Waals surface area contributed by atoms with Gasteiger partial charge in [-0.05, 0) is 45.7 Å². The smallest absolute Gasteiger partial charge is 0.220 e. The largest absolute Gasteiger partial charge is 0.381 e. The molecule has 1 saturated heterocycles. The molecule has 4 nitrogen and oxygen atoms in total. The lowest BCUT2D eigenvalue weighted by atomic mass is 9.95. The molecule has 1 heterocycles. The van der Waals surface area contributed by atoms with Crippen LogP contribution >= 0.6 is 0 Å². The first kappa shape index (κ1) is 14.8. The van der Waals surface area contributed by atoms with Gasteiger partial charge in [-0.3, -0.25) is 4.79 Å². The zero-order valence-corrected chi connectivity index (χ0v) is 12.4. The van der Waals surface area contributed by atoms with Crippen molar-refractivity contribution in [3.8, 4) is 0 Å². The Bertz CT molecular complexity index is 293. The molecule has 2 rings (SSSR count). The molecular weight excluding hydrogens is 240 g/mol. The van der Waals surface area contributed by atoms with Crippen molar-refractivity contribution >= 4 is 5.91 Å². The number of rotatable bonds is 5. The van der Waals surface area contributed by atoms with E-state index in [2.05, 4.69) is 24.3 Å². The highest BCUT2D eigenvalue weighted by Gasteiger charge is 2.36. The molecule has 2 fully saturated rings. The van der Waals surface area contributed by atoms with Crippen molar-refractivity contribution in [3.63, 3.8) is 0 Å². The Morgan fingerprint density at radius 3 is 2.63 bits per heavy atom. The molecule has 0 aromatic carbocycles. The number of hydrogen-bond donors (Lipinski definition) is 1. The van der Waals surface area contributed by atoms with Gasteiger partial charge < -0.3 is 15.0 Å². The Morgan fingerprint density at radius 1 is 1.32 bits per heavy atom. The number of likely N-dealkylation sites (N-methyl/N-ethyl adjacent to an activating group) is 1. The Kier molecular flexibility index (Phi) is 5.22. The molecular formula is C15H28N2O2. The summed E-state index contributed by atoms with van der Waals surface area (Å²) in [6.07, 6.45) is 7.82. The predicted molar refractivity (Wildman–Crippen MR) is 76.1 cm³/mol. The molecule has 19 heavy (non-hydrogen) atoms. The minimum Gasteiger partial charge on any atom is -0.381 e. The van der Waals surface area contributed by atoms with Gasteiger partial charge in [0.15, 0.2) is 0 Å². The number of amides is 1. The van der Waals surface area contributed by atoms with E-state index in [-0.39, 0.29) is 11.4 Å². The van der Waals surface area contributed by atoms with Gasteiger partial charge in [0.25, 0.3) is 0 Å². The number of ether oxygens (including phenoxy) is 1. The van der Waals surface area contributed by atoms with E-state index in [1.54, 1.807) is 0 Å². The van der Waals surface area contributed by atoms with Crippen LogP contribution in [-0.4, -0.2) is 50.2 Å². The maximum absolute atomic E-state index is 12.0. The van der Waals surface area contributed by atoms with Gasteiger partial charge in [-0.1, -0.05) is 12.8 Å². The highest BCUT2D eigenvalue weighted by molar-refractivity contribution is 5.76. The van der Waals surface area contributed by atoms with Crippen LogP contribution in [0.3, 0.4) is 0 Å². The topological polar surface area (TPSA) is 41.6 Å². The van der Waals surface area contributed by atoms with Crippen LogP contribution in [0, 0.1) is 5.92 Å². The van der Waals surface area contributed by atoms with Crippen LogP contribution in [0.5, 0.6) is 0 Å². The molecule has 0 spiro atoms. The molecule has 4 heteroatoms. The molecule has 0 bridgehead atoms. The third-order valence-electron chi connectivity index (χ3n) is 4.83. The number of hydrogen-bond acceptors (Lipinski definition) is 3. The lowest BCUT2D eigenvalue weighted by molar-refractivity contribution is -0.123. The average molecular weight is 268 g/mol. The van der Waals surface area contributed by atoms with Crippen LogP contribution < -0.4 is 5.32 Å². The summed E-state index contributed by atoms with van der Waals surface area (Å²) in [6, 6.07) is 0. The van der Waals surface area contributed by atoms with E-state index in [4.69, 9.17) is 4.74 Å². The Hall–Kier alpha value is -0.610. The van der Waals surface area contributed by atoms with Gasteiger partial charge in [0, 0.05) is 31.7 Å². The quantitative estimate of drug-likeness (QED) is 0.826. The van der Waals surface area contributed by atoms with Gasteiger partial charge in [0.1, 0.15) is 0 Å². The minimum absolute atomic E-state index is 0.193. The summed E-state index contributed by atoms with van der Waals surface area (Å²) in [6.45, 7) is 2.42. The minimum atomic E-state index is 0.193. The fourth-order valence-corrected chi connectivity index (χ4v) is 3.38. The van der Waals surface area contributed by atoms with Gasteiger partial charge in [-0.2, -0.15) is 0 Å². The van der Waals surface area contributed by atoms with Gasteiger partial charge in [0.05, 0.1) is 0 Å². The van der Waals surface area contributed by atoms with Crippen molar-refractivity contribution in [1.29, 1.82) is 0 Å². The molecule has 110 valence electrons. The lowest BCUT2D eigenvalue weighted by Crippen LogP contribution is -2.51. The molecule has 1 aliphatic carbocycles. The molecule has 1 saturated carbocycles. The fourth-order valence-electron chi connectivity index (χ4n) is 3.38. The van der Waals surface area contributed by atoms with E-state index < -0.39 is 0 Å². The first-order valence-corrected chi connectivity index (χ1v) is 7.64. The van der Waals surface area contributed by atoms with Crippen molar-refractivity contribution < 1.29 is 9.53 Å². The molecule has 0 aromatic heterocycles. The number of nitrogens with zero attached hydrogens (tertiary/aromatic N) is 1. The normalized spacial score (nSPS) is 26.6. The Morgan fingerprint density at radius 2 is 2.05 bits per heavy atom. The standard InChI is InChI=1S/C15H28N2O2/c1-17(2)15(7-3-4-8-15)12-16-14(18)10-13-6-5-9-19-11-13/h13H,3-12H2,1-2H3,(H,16,18)/t13-/m0/s1. The van der Waals surface area contributed by atoms with Gasteiger partial charge >= 0.3 is 0 Å². The van der Waals surface area contributed by atoms with Crippen molar-refractivity contribution in [2.75, 3.05) is 33.9 Å². The van der Waals surface area contributed by atoms with Crippen LogP contribution in [-0.2, 0) is 9.53 Å². The van der Waals surface area contributed by atoms with Crippen molar-refractivity contribution in [2.24, 2.45) is 5.92 Å². The molecule has 0 unspecified atom stereocenters. The number of carbonyl (C=O) groups excluding carboxylic acids is 1. The Labute approximate surface area is 116 Å². The van der Waals surface area contributed by atoms with Gasteiger partial charge in [0.2, 0.25) is 5.91 Å². The summed E-state index contributed by atoms with van der Waals surface area (Å²) in [7, 11) is 4.26. The van der Waals surface area contributed by atoms with Crippen LogP contribution in [0.1, 0.15) is 44.9 Å². The van der Waals surface area contributed by atoms with E-state index in [1.165, 1.54) is 25.7 Å². The van der Waals surface area contributed by atoms with Crippen molar-refractivity contribution in [1.82, 2.24) is 10.2 Å². The number of carbonyl (C=O) groups is 1. The van der Waals surface area contributed by atoms with E-state index in [0.29, 0.717) is 12.3 Å². The van der Waals surface area contributed by atoms with E-state index in [1.807, 2.05) is 0 Å². The Balaban J connectivity index is 1.75. The van der Waals surface area contributed by atoms with Crippen LogP contribution in [0.25, 0.3) is 0 Å². The van der Waals surface area contributed by atoms with Crippen LogP contribution in [0.15, 0.2) is 0 Å². The highest BCUT2D eigenvalue weighted by atomic mass is 16.5. The lowest BCUT2D eigenvalue weighted by Gasteiger charge is -2.36. The van der Waals surface area contributed by atoms with E-state index in [9.17, 15) is 4.79 Å². The second-order valence-electron chi connectivity index (χ2n) is 6.39. The maximum atomic E-state index is 12.0. The van der Waals surface area contributed by atoms with Gasteiger partial charge in [-0.25, -0.2) is 0 Å². The summed E-state index contributed by atoms with van der Waals surface area (Å²) >= 11 is 0. The summed E-state index contributed by atoms with van der Waals surface area (Å²) in [5, 5.41) is 3.16. The van der Waals surface area contributed by atoms with Crippen molar-refractivity contribution in [3.05, 3.63) is 0 Å². The molecule has 0 radical (unpaired) electrons. The summed E-state index contributed by atoms with van der Waals surface area (Å²) < 4.78 is 5.43.